The van der Waals surface area contributed by atoms with Gasteiger partial charge in [-0.05, 0) is 50.1 Å². The van der Waals surface area contributed by atoms with Crippen LogP contribution in [0, 0.1) is 26.6 Å². The molecule has 0 saturated heterocycles. The zero-order valence-corrected chi connectivity index (χ0v) is 11.5. The number of carbonyl (C=O) groups is 1. The average molecular weight is 274 g/mol. The van der Waals surface area contributed by atoms with Crippen molar-refractivity contribution in [2.24, 2.45) is 0 Å². The minimum Gasteiger partial charge on any atom is -0.478 e. The highest BCUT2D eigenvalue weighted by atomic mass is 19.1. The highest BCUT2D eigenvalue weighted by Gasteiger charge is 2.12. The number of rotatable bonds is 3. The topological polar surface area (TPSA) is 55.1 Å². The van der Waals surface area contributed by atoms with Gasteiger partial charge in [-0.3, -0.25) is 0 Å². The van der Waals surface area contributed by atoms with E-state index in [1.807, 2.05) is 20.8 Å². The molecule has 0 saturated carbocycles. The fourth-order valence-electron chi connectivity index (χ4n) is 1.92. The SMILES string of the molecule is Cc1nn(-c2ccc(/C=C/C(=O)O)cc2F)c(C)c1C. The van der Waals surface area contributed by atoms with Gasteiger partial charge in [0.15, 0.2) is 0 Å². The fraction of sp³-hybridized carbons (Fsp3) is 0.200. The van der Waals surface area contributed by atoms with Crippen LogP contribution in [0.4, 0.5) is 4.39 Å². The maximum absolute atomic E-state index is 14.1. The molecule has 0 spiro atoms. The van der Waals surface area contributed by atoms with Crippen molar-refractivity contribution in [2.75, 3.05) is 0 Å². The maximum Gasteiger partial charge on any atom is 0.328 e. The van der Waals surface area contributed by atoms with E-state index < -0.39 is 11.8 Å². The largest absolute Gasteiger partial charge is 0.478 e. The van der Waals surface area contributed by atoms with E-state index in [0.717, 1.165) is 23.0 Å². The molecule has 0 aliphatic heterocycles. The molecule has 2 aromatic rings. The van der Waals surface area contributed by atoms with Crippen LogP contribution in [0.25, 0.3) is 11.8 Å². The van der Waals surface area contributed by atoms with Crippen LogP contribution in [0.15, 0.2) is 24.3 Å². The van der Waals surface area contributed by atoms with E-state index >= 15 is 0 Å². The second-order valence-electron chi connectivity index (χ2n) is 4.59. The predicted octanol–water partition coefficient (Wildman–Crippen LogP) is 3.03. The quantitative estimate of drug-likeness (QED) is 0.875. The Morgan fingerprint density at radius 2 is 2.05 bits per heavy atom. The van der Waals surface area contributed by atoms with Crippen LogP contribution in [0.1, 0.15) is 22.5 Å². The van der Waals surface area contributed by atoms with Crippen molar-refractivity contribution in [1.29, 1.82) is 0 Å². The van der Waals surface area contributed by atoms with Gasteiger partial charge in [0.2, 0.25) is 0 Å². The summed E-state index contributed by atoms with van der Waals surface area (Å²) in [6.07, 6.45) is 2.32. The standard InChI is InChI=1S/C15H15FN2O2/c1-9-10(2)17-18(11(9)3)14-6-4-12(8-13(14)16)5-7-15(19)20/h4-8H,1-3H3,(H,19,20)/b7-5+. The average Bonchev–Trinajstić information content (AvgIpc) is 2.64. The van der Waals surface area contributed by atoms with E-state index in [9.17, 15) is 9.18 Å². The summed E-state index contributed by atoms with van der Waals surface area (Å²) in [5.41, 5.74) is 3.62. The molecule has 0 atom stereocenters. The van der Waals surface area contributed by atoms with Gasteiger partial charge in [-0.1, -0.05) is 6.07 Å². The molecule has 0 amide bonds. The monoisotopic (exact) mass is 274 g/mol. The number of aliphatic carboxylic acids is 1. The zero-order chi connectivity index (χ0) is 14.9. The van der Waals surface area contributed by atoms with Crippen LogP contribution < -0.4 is 0 Å². The lowest BCUT2D eigenvalue weighted by molar-refractivity contribution is -0.131. The summed E-state index contributed by atoms with van der Waals surface area (Å²) >= 11 is 0. The van der Waals surface area contributed by atoms with Crippen molar-refractivity contribution in [3.63, 3.8) is 0 Å². The number of hydrogen-bond donors (Lipinski definition) is 1. The molecule has 1 N–H and O–H groups in total. The molecule has 1 aromatic carbocycles. The molecule has 2 rings (SSSR count). The molecular weight excluding hydrogens is 259 g/mol. The van der Waals surface area contributed by atoms with Gasteiger partial charge < -0.3 is 5.11 Å². The number of carboxylic acid groups (broad SMARTS) is 1. The second kappa shape index (κ2) is 5.28. The molecule has 20 heavy (non-hydrogen) atoms. The molecule has 1 aromatic heterocycles. The van der Waals surface area contributed by atoms with E-state index in [4.69, 9.17) is 5.11 Å². The smallest absolute Gasteiger partial charge is 0.328 e. The first-order valence-corrected chi connectivity index (χ1v) is 6.14. The fourth-order valence-corrected chi connectivity index (χ4v) is 1.92. The Bertz CT molecular complexity index is 702. The minimum absolute atomic E-state index is 0.353. The normalized spacial score (nSPS) is 11.2. The number of halogens is 1. The van der Waals surface area contributed by atoms with Crippen LogP contribution in [0.2, 0.25) is 0 Å². The van der Waals surface area contributed by atoms with Crippen molar-refractivity contribution in [2.45, 2.75) is 20.8 Å². The Morgan fingerprint density at radius 1 is 1.35 bits per heavy atom. The first-order chi connectivity index (χ1) is 9.40. The number of nitrogens with zero attached hydrogens (tertiary/aromatic N) is 2. The summed E-state index contributed by atoms with van der Waals surface area (Å²) in [7, 11) is 0. The molecular formula is C15H15FN2O2. The molecule has 5 heteroatoms. The number of aromatic nitrogens is 2. The van der Waals surface area contributed by atoms with Crippen LogP contribution in [-0.4, -0.2) is 20.9 Å². The Labute approximate surface area is 116 Å². The number of benzene rings is 1. The molecule has 0 radical (unpaired) electrons. The molecule has 0 unspecified atom stereocenters. The maximum atomic E-state index is 14.1. The predicted molar refractivity (Wildman–Crippen MR) is 74.4 cm³/mol. The van der Waals surface area contributed by atoms with E-state index in [2.05, 4.69) is 5.10 Å². The van der Waals surface area contributed by atoms with E-state index in [-0.39, 0.29) is 0 Å². The third kappa shape index (κ3) is 2.61. The van der Waals surface area contributed by atoms with Gasteiger partial charge in [-0.15, -0.1) is 0 Å². The van der Waals surface area contributed by atoms with E-state index in [1.165, 1.54) is 12.1 Å². The zero-order valence-electron chi connectivity index (χ0n) is 11.5. The van der Waals surface area contributed by atoms with Gasteiger partial charge >= 0.3 is 5.97 Å². The summed E-state index contributed by atoms with van der Waals surface area (Å²) in [6.45, 7) is 5.70. The number of hydrogen-bond acceptors (Lipinski definition) is 2. The summed E-state index contributed by atoms with van der Waals surface area (Å²) in [6, 6.07) is 4.54. The van der Waals surface area contributed by atoms with Crippen LogP contribution >= 0.6 is 0 Å². The highest BCUT2D eigenvalue weighted by Crippen LogP contribution is 2.20. The number of aryl methyl sites for hydroxylation is 1. The van der Waals surface area contributed by atoms with Gasteiger partial charge in [0.25, 0.3) is 0 Å². The Kier molecular flexibility index (Phi) is 3.70. The molecule has 1 heterocycles. The number of carboxylic acids is 1. The molecule has 0 aliphatic rings. The van der Waals surface area contributed by atoms with Crippen molar-refractivity contribution in [3.8, 4) is 5.69 Å². The third-order valence-electron chi connectivity index (χ3n) is 3.27. The third-order valence-corrected chi connectivity index (χ3v) is 3.27. The van der Waals surface area contributed by atoms with Crippen LogP contribution in [0.3, 0.4) is 0 Å². The van der Waals surface area contributed by atoms with Gasteiger partial charge in [0.05, 0.1) is 5.69 Å². The molecule has 104 valence electrons. The van der Waals surface area contributed by atoms with Crippen LogP contribution in [0.5, 0.6) is 0 Å². The Balaban J connectivity index is 2.44. The Hall–Kier alpha value is -2.43. The summed E-state index contributed by atoms with van der Waals surface area (Å²) in [4.78, 5) is 10.4. The molecule has 4 nitrogen and oxygen atoms in total. The lowest BCUT2D eigenvalue weighted by Crippen LogP contribution is -2.02. The van der Waals surface area contributed by atoms with Gasteiger partial charge in [-0.25, -0.2) is 13.9 Å². The van der Waals surface area contributed by atoms with Gasteiger partial charge in [-0.2, -0.15) is 5.10 Å². The van der Waals surface area contributed by atoms with Crippen molar-refractivity contribution in [1.82, 2.24) is 9.78 Å². The van der Waals surface area contributed by atoms with E-state index in [1.54, 1.807) is 16.8 Å². The summed E-state index contributed by atoms with van der Waals surface area (Å²) < 4.78 is 15.7. The second-order valence-corrected chi connectivity index (χ2v) is 4.59. The lowest BCUT2D eigenvalue weighted by atomic mass is 10.1. The molecule has 0 bridgehead atoms. The van der Waals surface area contributed by atoms with E-state index in [0.29, 0.717) is 11.3 Å². The first-order valence-electron chi connectivity index (χ1n) is 6.14. The van der Waals surface area contributed by atoms with Crippen molar-refractivity contribution < 1.29 is 14.3 Å². The first kappa shape index (κ1) is 14.0. The summed E-state index contributed by atoms with van der Waals surface area (Å²) in [5.74, 6) is -1.51. The van der Waals surface area contributed by atoms with Gasteiger partial charge in [0.1, 0.15) is 11.5 Å². The lowest BCUT2D eigenvalue weighted by Gasteiger charge is -2.07. The summed E-state index contributed by atoms with van der Waals surface area (Å²) in [5, 5.41) is 12.9. The Morgan fingerprint density at radius 3 is 2.55 bits per heavy atom. The molecule has 0 aliphatic carbocycles. The minimum atomic E-state index is -1.07. The molecule has 0 fully saturated rings. The van der Waals surface area contributed by atoms with Crippen molar-refractivity contribution in [3.05, 3.63) is 52.6 Å². The highest BCUT2D eigenvalue weighted by molar-refractivity contribution is 5.85. The van der Waals surface area contributed by atoms with Crippen LogP contribution in [-0.2, 0) is 4.79 Å². The van der Waals surface area contributed by atoms with Gasteiger partial charge in [0, 0.05) is 11.8 Å². The van der Waals surface area contributed by atoms with Crippen molar-refractivity contribution >= 4 is 12.0 Å².